The van der Waals surface area contributed by atoms with Crippen LogP contribution in [0.2, 0.25) is 0 Å². The molecule has 2 N–H and O–H groups in total. The minimum absolute atomic E-state index is 0.338. The Balaban J connectivity index is 2.51. The molecule has 0 aromatic heterocycles. The highest BCUT2D eigenvalue weighted by atomic mass is 16.4. The van der Waals surface area contributed by atoms with Gasteiger partial charge in [-0.3, -0.25) is 0 Å². The molecule has 0 radical (unpaired) electrons. The quantitative estimate of drug-likeness (QED) is 0.784. The zero-order chi connectivity index (χ0) is 12.8. The lowest BCUT2D eigenvalue weighted by Gasteiger charge is -2.18. The zero-order valence-electron chi connectivity index (χ0n) is 10.6. The van der Waals surface area contributed by atoms with Crippen molar-refractivity contribution in [3.05, 3.63) is 35.4 Å². The van der Waals surface area contributed by atoms with E-state index < -0.39 is 5.97 Å². The summed E-state index contributed by atoms with van der Waals surface area (Å²) in [6, 6.07) is 7.39. The average Bonchev–Trinajstić information content (AvgIpc) is 2.26. The fraction of sp³-hybridized carbons (Fsp3) is 0.462. The highest BCUT2D eigenvalue weighted by molar-refractivity contribution is 5.87. The summed E-state index contributed by atoms with van der Waals surface area (Å²) >= 11 is 0. The molecule has 17 heavy (non-hydrogen) atoms. The van der Waals surface area contributed by atoms with Crippen LogP contribution in [0.4, 0.5) is 0 Å². The van der Waals surface area contributed by atoms with Crippen LogP contribution >= 0.6 is 0 Å². The van der Waals surface area contributed by atoms with E-state index in [0.29, 0.717) is 18.2 Å². The molecule has 4 heteroatoms. The van der Waals surface area contributed by atoms with Gasteiger partial charge >= 0.3 is 5.97 Å². The largest absolute Gasteiger partial charge is 0.478 e. The molecule has 1 aromatic rings. The molecule has 1 atom stereocenters. The van der Waals surface area contributed by atoms with Crippen molar-refractivity contribution >= 4 is 5.97 Å². The second-order valence-corrected chi connectivity index (χ2v) is 4.55. The minimum atomic E-state index is -0.881. The molecular formula is C13H20N2O2. The smallest absolute Gasteiger partial charge is 0.335 e. The number of benzene rings is 1. The van der Waals surface area contributed by atoms with Crippen molar-refractivity contribution in [1.82, 2.24) is 10.2 Å². The van der Waals surface area contributed by atoms with Gasteiger partial charge < -0.3 is 15.3 Å². The number of hydrogen-bond donors (Lipinski definition) is 2. The highest BCUT2D eigenvalue weighted by Crippen LogP contribution is 2.05. The number of hydrogen-bond acceptors (Lipinski definition) is 3. The monoisotopic (exact) mass is 236 g/mol. The van der Waals surface area contributed by atoms with Gasteiger partial charge in [0.25, 0.3) is 0 Å². The number of likely N-dealkylation sites (N-methyl/N-ethyl adjacent to an activating group) is 1. The lowest BCUT2D eigenvalue weighted by Crippen LogP contribution is -2.35. The van der Waals surface area contributed by atoms with Gasteiger partial charge in [0.15, 0.2) is 0 Å². The molecule has 1 aromatic carbocycles. The Bertz CT molecular complexity index is 377. The van der Waals surface area contributed by atoms with Crippen molar-refractivity contribution < 1.29 is 9.90 Å². The molecule has 0 saturated heterocycles. The van der Waals surface area contributed by atoms with Crippen molar-refractivity contribution in [2.24, 2.45) is 0 Å². The van der Waals surface area contributed by atoms with Gasteiger partial charge in [-0.2, -0.15) is 0 Å². The highest BCUT2D eigenvalue weighted by Gasteiger charge is 2.05. The van der Waals surface area contributed by atoms with Crippen molar-refractivity contribution in [1.29, 1.82) is 0 Å². The maximum Gasteiger partial charge on any atom is 0.335 e. The summed E-state index contributed by atoms with van der Waals surface area (Å²) in [7, 11) is 4.06. The van der Waals surface area contributed by atoms with Gasteiger partial charge in [-0.15, -0.1) is 0 Å². The Morgan fingerprint density at radius 2 is 2.18 bits per heavy atom. The lowest BCUT2D eigenvalue weighted by molar-refractivity contribution is 0.0697. The van der Waals surface area contributed by atoms with Crippen LogP contribution in [0, 0.1) is 0 Å². The molecule has 4 nitrogen and oxygen atoms in total. The summed E-state index contributed by atoms with van der Waals surface area (Å²) in [5, 5.41) is 12.2. The molecule has 0 spiro atoms. The molecule has 1 unspecified atom stereocenters. The van der Waals surface area contributed by atoms with Crippen LogP contribution < -0.4 is 5.32 Å². The molecule has 94 valence electrons. The van der Waals surface area contributed by atoms with Crippen LogP contribution in [0.1, 0.15) is 22.8 Å². The van der Waals surface area contributed by atoms with Crippen molar-refractivity contribution in [3.63, 3.8) is 0 Å². The standard InChI is InChI=1S/C13H20N2O2/c1-10(9-15(2)3)14-8-11-5-4-6-12(7-11)13(16)17/h4-7,10,14H,8-9H2,1-3H3,(H,16,17). The Hall–Kier alpha value is -1.39. The fourth-order valence-corrected chi connectivity index (χ4v) is 1.72. The SMILES string of the molecule is CC(CN(C)C)NCc1cccc(C(=O)O)c1. The Morgan fingerprint density at radius 3 is 2.76 bits per heavy atom. The van der Waals surface area contributed by atoms with Crippen LogP contribution in [0.15, 0.2) is 24.3 Å². The molecule has 0 amide bonds. The maximum absolute atomic E-state index is 10.8. The van der Waals surface area contributed by atoms with E-state index in [2.05, 4.69) is 17.1 Å². The molecule has 1 rings (SSSR count). The normalized spacial score (nSPS) is 12.7. The molecule has 0 aliphatic rings. The van der Waals surface area contributed by atoms with E-state index in [0.717, 1.165) is 12.1 Å². The number of aromatic carboxylic acids is 1. The second-order valence-electron chi connectivity index (χ2n) is 4.55. The van der Waals surface area contributed by atoms with Gasteiger partial charge in [0.2, 0.25) is 0 Å². The summed E-state index contributed by atoms with van der Waals surface area (Å²) in [5.74, 6) is -0.881. The third-order valence-corrected chi connectivity index (χ3v) is 2.47. The lowest BCUT2D eigenvalue weighted by atomic mass is 10.1. The number of carboxylic acids is 1. The minimum Gasteiger partial charge on any atom is -0.478 e. The van der Waals surface area contributed by atoms with E-state index in [1.165, 1.54) is 0 Å². The molecule has 0 saturated carbocycles. The Kier molecular flexibility index (Phi) is 5.12. The molecule has 0 aliphatic carbocycles. The van der Waals surface area contributed by atoms with E-state index in [9.17, 15) is 4.79 Å². The van der Waals surface area contributed by atoms with Gasteiger partial charge in [0.05, 0.1) is 5.56 Å². The first kappa shape index (κ1) is 13.7. The van der Waals surface area contributed by atoms with Crippen LogP contribution in [0.3, 0.4) is 0 Å². The summed E-state index contributed by atoms with van der Waals surface area (Å²) in [4.78, 5) is 12.9. The van der Waals surface area contributed by atoms with E-state index in [1.807, 2.05) is 20.2 Å². The number of rotatable bonds is 6. The van der Waals surface area contributed by atoms with E-state index >= 15 is 0 Å². The van der Waals surface area contributed by atoms with Crippen LogP contribution in [0.5, 0.6) is 0 Å². The zero-order valence-corrected chi connectivity index (χ0v) is 10.6. The topological polar surface area (TPSA) is 52.6 Å². The number of nitrogens with one attached hydrogen (secondary N) is 1. The summed E-state index contributed by atoms with van der Waals surface area (Å²) in [6.45, 7) is 3.76. The maximum atomic E-state index is 10.8. The third kappa shape index (κ3) is 4.97. The van der Waals surface area contributed by atoms with Gasteiger partial charge in [-0.05, 0) is 38.7 Å². The Morgan fingerprint density at radius 1 is 1.47 bits per heavy atom. The number of carboxylic acid groups (broad SMARTS) is 1. The molecule has 0 aliphatic heterocycles. The molecular weight excluding hydrogens is 216 g/mol. The van der Waals surface area contributed by atoms with Crippen molar-refractivity contribution in [2.75, 3.05) is 20.6 Å². The fourth-order valence-electron chi connectivity index (χ4n) is 1.72. The first-order chi connectivity index (χ1) is 7.99. The van der Waals surface area contributed by atoms with Crippen molar-refractivity contribution in [2.45, 2.75) is 19.5 Å². The van der Waals surface area contributed by atoms with Crippen LogP contribution in [-0.4, -0.2) is 42.7 Å². The number of nitrogens with zero attached hydrogens (tertiary/aromatic N) is 1. The van der Waals surface area contributed by atoms with E-state index in [-0.39, 0.29) is 0 Å². The van der Waals surface area contributed by atoms with Crippen molar-refractivity contribution in [3.8, 4) is 0 Å². The molecule has 0 bridgehead atoms. The van der Waals surface area contributed by atoms with Gasteiger partial charge in [0.1, 0.15) is 0 Å². The average molecular weight is 236 g/mol. The molecule has 0 fully saturated rings. The van der Waals surface area contributed by atoms with E-state index in [4.69, 9.17) is 5.11 Å². The van der Waals surface area contributed by atoms with Gasteiger partial charge in [-0.1, -0.05) is 12.1 Å². The first-order valence-corrected chi connectivity index (χ1v) is 5.69. The first-order valence-electron chi connectivity index (χ1n) is 5.69. The third-order valence-electron chi connectivity index (χ3n) is 2.47. The molecule has 0 heterocycles. The summed E-state index contributed by atoms with van der Waals surface area (Å²) in [6.07, 6.45) is 0. The second kappa shape index (κ2) is 6.37. The van der Waals surface area contributed by atoms with Crippen LogP contribution in [0.25, 0.3) is 0 Å². The van der Waals surface area contributed by atoms with Gasteiger partial charge in [0, 0.05) is 19.1 Å². The van der Waals surface area contributed by atoms with E-state index in [1.54, 1.807) is 18.2 Å². The Labute approximate surface area is 102 Å². The number of carbonyl (C=O) groups is 1. The summed E-state index contributed by atoms with van der Waals surface area (Å²) < 4.78 is 0. The predicted molar refractivity (Wildman–Crippen MR) is 68.3 cm³/mol. The summed E-state index contributed by atoms with van der Waals surface area (Å²) in [5.41, 5.74) is 1.33. The predicted octanol–water partition coefficient (Wildman–Crippen LogP) is 1.42. The van der Waals surface area contributed by atoms with Gasteiger partial charge in [-0.25, -0.2) is 4.79 Å². The van der Waals surface area contributed by atoms with Crippen LogP contribution in [-0.2, 0) is 6.54 Å².